The third kappa shape index (κ3) is 4.14. The molecule has 5 nitrogen and oxygen atoms in total. The van der Waals surface area contributed by atoms with E-state index in [-0.39, 0.29) is 11.5 Å². The number of piperidine rings is 1. The molecule has 0 aromatic heterocycles. The van der Waals surface area contributed by atoms with Gasteiger partial charge in [0, 0.05) is 26.2 Å². The van der Waals surface area contributed by atoms with Crippen molar-refractivity contribution < 1.29 is 14.3 Å². The van der Waals surface area contributed by atoms with Crippen LogP contribution in [0.5, 0.6) is 5.75 Å². The first-order chi connectivity index (χ1) is 13.2. The number of rotatable bonds is 5. The van der Waals surface area contributed by atoms with E-state index in [9.17, 15) is 4.79 Å². The molecule has 1 aromatic carbocycles. The zero-order valence-electron chi connectivity index (χ0n) is 16.5. The van der Waals surface area contributed by atoms with E-state index in [2.05, 4.69) is 21.9 Å². The van der Waals surface area contributed by atoms with Gasteiger partial charge >= 0.3 is 0 Å². The summed E-state index contributed by atoms with van der Waals surface area (Å²) in [5.74, 6) is 1.13. The van der Waals surface area contributed by atoms with Crippen LogP contribution in [0.25, 0.3) is 0 Å². The first-order valence-corrected chi connectivity index (χ1v) is 10.5. The van der Waals surface area contributed by atoms with Gasteiger partial charge in [0.25, 0.3) is 0 Å². The average Bonchev–Trinajstić information content (AvgIpc) is 3.54. The molecule has 1 aromatic rings. The van der Waals surface area contributed by atoms with E-state index < -0.39 is 0 Å². The summed E-state index contributed by atoms with van der Waals surface area (Å²) >= 11 is 0. The minimum Gasteiger partial charge on any atom is -0.497 e. The standard InChI is InChI=1S/C22H32N2O3/c1-26-19-8-6-18(7-9-19)22(10-11-22)21(25)24-14-5-15-27-20(17-24)16-23-12-3-2-4-13-23/h6-9,20H,2-5,10-17H2,1H3/t20-/m1/s1. The van der Waals surface area contributed by atoms with Crippen LogP contribution in [0.2, 0.25) is 0 Å². The molecule has 2 heterocycles. The predicted octanol–water partition coefficient (Wildman–Crippen LogP) is 2.83. The summed E-state index contributed by atoms with van der Waals surface area (Å²) in [6.45, 7) is 5.60. The summed E-state index contributed by atoms with van der Waals surface area (Å²) in [7, 11) is 1.67. The van der Waals surface area contributed by atoms with Crippen molar-refractivity contribution in [3.8, 4) is 5.75 Å². The Hall–Kier alpha value is -1.59. The van der Waals surface area contributed by atoms with Crippen LogP contribution in [-0.2, 0) is 14.9 Å². The number of hydrogen-bond donors (Lipinski definition) is 0. The Bertz CT molecular complexity index is 635. The van der Waals surface area contributed by atoms with Crippen molar-refractivity contribution >= 4 is 5.91 Å². The molecule has 0 spiro atoms. The lowest BCUT2D eigenvalue weighted by atomic mass is 9.94. The summed E-state index contributed by atoms with van der Waals surface area (Å²) in [5.41, 5.74) is 0.817. The normalized spacial score (nSPS) is 25.7. The number of likely N-dealkylation sites (tertiary alicyclic amines) is 1. The summed E-state index contributed by atoms with van der Waals surface area (Å²) in [6, 6.07) is 8.05. The number of benzene rings is 1. The molecule has 0 bridgehead atoms. The first-order valence-electron chi connectivity index (χ1n) is 10.5. The van der Waals surface area contributed by atoms with Crippen LogP contribution < -0.4 is 4.74 Å². The van der Waals surface area contributed by atoms with Gasteiger partial charge in [-0.3, -0.25) is 4.79 Å². The SMILES string of the molecule is COc1ccc(C2(C(=O)N3CCCO[C@H](CN4CCCCC4)C3)CC2)cc1. The highest BCUT2D eigenvalue weighted by atomic mass is 16.5. The van der Waals surface area contributed by atoms with E-state index in [0.29, 0.717) is 5.91 Å². The zero-order chi connectivity index (χ0) is 18.7. The molecule has 4 rings (SSSR count). The second kappa shape index (κ2) is 8.19. The highest BCUT2D eigenvalue weighted by Gasteiger charge is 2.53. The first kappa shape index (κ1) is 18.8. The Balaban J connectivity index is 1.43. The van der Waals surface area contributed by atoms with Gasteiger partial charge in [0.1, 0.15) is 5.75 Å². The van der Waals surface area contributed by atoms with Crippen molar-refractivity contribution in [2.24, 2.45) is 0 Å². The number of nitrogens with zero attached hydrogens (tertiary/aromatic N) is 2. The van der Waals surface area contributed by atoms with Crippen molar-refractivity contribution in [2.45, 2.75) is 50.0 Å². The van der Waals surface area contributed by atoms with Gasteiger partial charge in [0.15, 0.2) is 0 Å². The Morgan fingerprint density at radius 3 is 2.52 bits per heavy atom. The van der Waals surface area contributed by atoms with Gasteiger partial charge in [-0.2, -0.15) is 0 Å². The molecule has 1 saturated carbocycles. The molecule has 1 atom stereocenters. The molecule has 148 valence electrons. The molecule has 0 radical (unpaired) electrons. The highest BCUT2D eigenvalue weighted by Crippen LogP contribution is 2.50. The maximum atomic E-state index is 13.5. The van der Waals surface area contributed by atoms with Gasteiger partial charge in [-0.05, 0) is 62.9 Å². The number of hydrogen-bond acceptors (Lipinski definition) is 4. The quantitative estimate of drug-likeness (QED) is 0.797. The van der Waals surface area contributed by atoms with E-state index in [0.717, 1.165) is 56.8 Å². The molecule has 3 fully saturated rings. The molecule has 5 heteroatoms. The molecule has 1 aliphatic carbocycles. The number of methoxy groups -OCH3 is 1. The number of carbonyl (C=O) groups is 1. The van der Waals surface area contributed by atoms with Crippen molar-refractivity contribution in [3.05, 3.63) is 29.8 Å². The van der Waals surface area contributed by atoms with Gasteiger partial charge in [-0.1, -0.05) is 18.6 Å². The lowest BCUT2D eigenvalue weighted by molar-refractivity contribution is -0.135. The van der Waals surface area contributed by atoms with Crippen molar-refractivity contribution in [3.63, 3.8) is 0 Å². The molecule has 2 saturated heterocycles. The van der Waals surface area contributed by atoms with Crippen molar-refractivity contribution in [2.75, 3.05) is 46.4 Å². The zero-order valence-corrected chi connectivity index (χ0v) is 16.5. The summed E-state index contributed by atoms with van der Waals surface area (Å²) < 4.78 is 11.4. The summed E-state index contributed by atoms with van der Waals surface area (Å²) in [4.78, 5) is 18.0. The lowest BCUT2D eigenvalue weighted by Gasteiger charge is -2.32. The Labute approximate surface area is 162 Å². The van der Waals surface area contributed by atoms with Crippen molar-refractivity contribution in [1.82, 2.24) is 9.80 Å². The Morgan fingerprint density at radius 1 is 1.11 bits per heavy atom. The van der Waals surface area contributed by atoms with Crippen LogP contribution in [0.3, 0.4) is 0 Å². The van der Waals surface area contributed by atoms with E-state index in [1.807, 2.05) is 12.1 Å². The van der Waals surface area contributed by atoms with Crippen LogP contribution in [0, 0.1) is 0 Å². The second-order valence-corrected chi connectivity index (χ2v) is 8.27. The monoisotopic (exact) mass is 372 g/mol. The molecule has 3 aliphatic rings. The molecule has 0 unspecified atom stereocenters. The maximum Gasteiger partial charge on any atom is 0.233 e. The van der Waals surface area contributed by atoms with Crippen LogP contribution in [0.15, 0.2) is 24.3 Å². The number of carbonyl (C=O) groups excluding carboxylic acids is 1. The third-order valence-electron chi connectivity index (χ3n) is 6.35. The lowest BCUT2D eigenvalue weighted by Crippen LogP contribution is -2.46. The molecular weight excluding hydrogens is 340 g/mol. The van der Waals surface area contributed by atoms with Crippen LogP contribution >= 0.6 is 0 Å². The maximum absolute atomic E-state index is 13.5. The minimum absolute atomic E-state index is 0.140. The predicted molar refractivity (Wildman–Crippen MR) is 105 cm³/mol. The fourth-order valence-corrected chi connectivity index (χ4v) is 4.58. The van der Waals surface area contributed by atoms with Gasteiger partial charge < -0.3 is 19.3 Å². The highest BCUT2D eigenvalue weighted by molar-refractivity contribution is 5.91. The molecule has 0 N–H and O–H groups in total. The van der Waals surface area contributed by atoms with Crippen LogP contribution in [0.4, 0.5) is 0 Å². The smallest absolute Gasteiger partial charge is 0.233 e. The summed E-state index contributed by atoms with van der Waals surface area (Å²) in [6.07, 6.45) is 6.89. The van der Waals surface area contributed by atoms with Gasteiger partial charge in [0.2, 0.25) is 5.91 Å². The molecule has 1 amide bonds. The van der Waals surface area contributed by atoms with Crippen LogP contribution in [-0.4, -0.2) is 68.3 Å². The van der Waals surface area contributed by atoms with E-state index >= 15 is 0 Å². The molecule has 2 aliphatic heterocycles. The topological polar surface area (TPSA) is 42.0 Å². The Kier molecular flexibility index (Phi) is 5.69. The molecule has 27 heavy (non-hydrogen) atoms. The second-order valence-electron chi connectivity index (χ2n) is 8.27. The fraction of sp³-hybridized carbons (Fsp3) is 0.682. The van der Waals surface area contributed by atoms with Crippen molar-refractivity contribution in [1.29, 1.82) is 0 Å². The van der Waals surface area contributed by atoms with E-state index in [1.165, 1.54) is 32.4 Å². The number of ether oxygens (including phenoxy) is 2. The van der Waals surface area contributed by atoms with Crippen LogP contribution in [0.1, 0.15) is 44.1 Å². The van der Waals surface area contributed by atoms with E-state index in [1.54, 1.807) is 7.11 Å². The molecular formula is C22H32N2O3. The Morgan fingerprint density at radius 2 is 1.85 bits per heavy atom. The third-order valence-corrected chi connectivity index (χ3v) is 6.35. The average molecular weight is 373 g/mol. The van der Waals surface area contributed by atoms with E-state index in [4.69, 9.17) is 9.47 Å². The fourth-order valence-electron chi connectivity index (χ4n) is 4.58. The minimum atomic E-state index is -0.313. The van der Waals surface area contributed by atoms with Gasteiger partial charge in [-0.15, -0.1) is 0 Å². The van der Waals surface area contributed by atoms with Gasteiger partial charge in [-0.25, -0.2) is 0 Å². The summed E-state index contributed by atoms with van der Waals surface area (Å²) in [5, 5.41) is 0. The number of amides is 1. The van der Waals surface area contributed by atoms with Gasteiger partial charge in [0.05, 0.1) is 18.6 Å². The largest absolute Gasteiger partial charge is 0.497 e.